The van der Waals surface area contributed by atoms with E-state index in [9.17, 15) is 18.8 Å². The maximum absolute atomic E-state index is 15.7. The fourth-order valence-corrected chi connectivity index (χ4v) is 3.95. The highest BCUT2D eigenvalue weighted by Crippen LogP contribution is 2.31. The van der Waals surface area contributed by atoms with Gasteiger partial charge in [-0.15, -0.1) is 0 Å². The van der Waals surface area contributed by atoms with Crippen molar-refractivity contribution in [2.75, 3.05) is 19.1 Å². The fraction of sp³-hybridized carbons (Fsp3) is 0.280. The Balaban J connectivity index is 2.14. The van der Waals surface area contributed by atoms with Crippen molar-refractivity contribution in [2.45, 2.75) is 32.9 Å². The summed E-state index contributed by atoms with van der Waals surface area (Å²) < 4.78 is 67.8. The quantitative estimate of drug-likeness (QED) is 0.332. The van der Waals surface area contributed by atoms with E-state index in [0.717, 1.165) is 0 Å². The second kappa shape index (κ2) is 11.5. The largest absolute Gasteiger partial charge is 0.497 e. The molecule has 0 saturated carbocycles. The van der Waals surface area contributed by atoms with E-state index in [1.165, 1.54) is 26.0 Å². The van der Waals surface area contributed by atoms with Crippen LogP contribution in [0.15, 0.2) is 48.5 Å². The third-order valence-electron chi connectivity index (χ3n) is 5.76. The molecule has 0 aliphatic heterocycles. The van der Waals surface area contributed by atoms with E-state index >= 15 is 8.78 Å². The van der Waals surface area contributed by atoms with Crippen molar-refractivity contribution in [3.05, 3.63) is 82.4 Å². The Morgan fingerprint density at radius 3 is 1.66 bits per heavy atom. The molecule has 35 heavy (non-hydrogen) atoms. The third kappa shape index (κ3) is 6.07. The molecule has 0 radical (unpaired) electrons. The predicted octanol–water partition coefficient (Wildman–Crippen LogP) is 3.98. The number of halogens is 4. The molecule has 3 rings (SSSR count). The van der Waals surface area contributed by atoms with Gasteiger partial charge in [-0.2, -0.15) is 0 Å². The second-order valence-corrected chi connectivity index (χ2v) is 8.01. The molecular formula is C25H26BF4NO4. The van der Waals surface area contributed by atoms with Gasteiger partial charge >= 0.3 is 7.12 Å². The van der Waals surface area contributed by atoms with Crippen LogP contribution in [0.4, 0.5) is 23.2 Å². The standard InChI is InChI=1S/C25H26BF4NO4/c1-15-20(12-21(27)28)22(26(32)33)24(30)25(23(15)29)31(13-16-4-8-18(34-2)9-5-16)14-17-6-10-19(35-3)11-7-17/h4-11,21,32-33H,12-14H2,1-3H3. The molecule has 0 spiro atoms. The Morgan fingerprint density at radius 2 is 1.29 bits per heavy atom. The van der Waals surface area contributed by atoms with Crippen molar-refractivity contribution in [1.82, 2.24) is 0 Å². The lowest BCUT2D eigenvalue weighted by Crippen LogP contribution is -2.40. The minimum absolute atomic E-state index is 0.0401. The van der Waals surface area contributed by atoms with Gasteiger partial charge in [0.2, 0.25) is 6.43 Å². The number of ether oxygens (including phenoxy) is 2. The average Bonchev–Trinajstić information content (AvgIpc) is 2.83. The molecule has 0 aromatic heterocycles. The number of anilines is 1. The Morgan fingerprint density at radius 1 is 0.829 bits per heavy atom. The third-order valence-corrected chi connectivity index (χ3v) is 5.76. The van der Waals surface area contributed by atoms with Crippen LogP contribution in [-0.2, 0) is 19.5 Å². The average molecular weight is 491 g/mol. The topological polar surface area (TPSA) is 62.2 Å². The number of hydrogen-bond donors (Lipinski definition) is 2. The van der Waals surface area contributed by atoms with E-state index in [0.29, 0.717) is 22.6 Å². The molecule has 186 valence electrons. The van der Waals surface area contributed by atoms with Crippen LogP contribution < -0.4 is 19.8 Å². The van der Waals surface area contributed by atoms with Gasteiger partial charge in [0.25, 0.3) is 0 Å². The summed E-state index contributed by atoms with van der Waals surface area (Å²) in [7, 11) is 0.633. The van der Waals surface area contributed by atoms with Gasteiger partial charge in [-0.25, -0.2) is 17.6 Å². The van der Waals surface area contributed by atoms with Crippen LogP contribution in [0.1, 0.15) is 22.3 Å². The highest BCUT2D eigenvalue weighted by atomic mass is 19.3. The number of benzene rings is 3. The summed E-state index contributed by atoms with van der Waals surface area (Å²) in [6.45, 7) is 1.30. The first-order valence-corrected chi connectivity index (χ1v) is 10.8. The molecule has 3 aromatic carbocycles. The summed E-state index contributed by atoms with van der Waals surface area (Å²) in [6.07, 6.45) is -3.94. The Bertz CT molecular complexity index is 1090. The lowest BCUT2D eigenvalue weighted by Gasteiger charge is -2.29. The zero-order valence-electron chi connectivity index (χ0n) is 19.6. The van der Waals surface area contributed by atoms with Crippen LogP contribution in [0.2, 0.25) is 0 Å². The van der Waals surface area contributed by atoms with Gasteiger partial charge in [0.15, 0.2) is 5.82 Å². The van der Waals surface area contributed by atoms with E-state index in [-0.39, 0.29) is 18.7 Å². The zero-order valence-corrected chi connectivity index (χ0v) is 19.6. The first-order chi connectivity index (χ1) is 16.7. The zero-order chi connectivity index (χ0) is 25.7. The van der Waals surface area contributed by atoms with Crippen molar-refractivity contribution in [3.63, 3.8) is 0 Å². The van der Waals surface area contributed by atoms with Crippen LogP contribution >= 0.6 is 0 Å². The molecule has 2 N–H and O–H groups in total. The van der Waals surface area contributed by atoms with Crippen molar-refractivity contribution >= 4 is 18.3 Å². The van der Waals surface area contributed by atoms with E-state index in [2.05, 4.69) is 0 Å². The van der Waals surface area contributed by atoms with Crippen LogP contribution in [-0.4, -0.2) is 37.8 Å². The van der Waals surface area contributed by atoms with E-state index < -0.39 is 48.3 Å². The molecule has 0 aliphatic carbocycles. The lowest BCUT2D eigenvalue weighted by atomic mass is 9.73. The SMILES string of the molecule is COc1ccc(CN(Cc2ccc(OC)cc2)c2c(F)c(C)c(CC(F)F)c(B(O)O)c2F)cc1. The van der Waals surface area contributed by atoms with Crippen molar-refractivity contribution in [3.8, 4) is 11.5 Å². The normalized spacial score (nSPS) is 11.0. The highest BCUT2D eigenvalue weighted by Gasteiger charge is 2.32. The summed E-state index contributed by atoms with van der Waals surface area (Å²) in [5.41, 5.74) is -0.622. The minimum atomic E-state index is -2.93. The molecular weight excluding hydrogens is 465 g/mol. The molecule has 10 heteroatoms. The Labute approximate surface area is 201 Å². The maximum Gasteiger partial charge on any atom is 0.491 e. The first-order valence-electron chi connectivity index (χ1n) is 10.8. The number of methoxy groups -OCH3 is 2. The monoisotopic (exact) mass is 491 g/mol. The number of nitrogens with zero attached hydrogens (tertiary/aromatic N) is 1. The van der Waals surface area contributed by atoms with Gasteiger partial charge in [0.1, 0.15) is 23.0 Å². The van der Waals surface area contributed by atoms with E-state index in [1.807, 2.05) is 0 Å². The van der Waals surface area contributed by atoms with Gasteiger partial charge in [-0.1, -0.05) is 24.3 Å². The minimum Gasteiger partial charge on any atom is -0.497 e. The molecule has 0 aliphatic rings. The van der Waals surface area contributed by atoms with Gasteiger partial charge in [0, 0.05) is 25.0 Å². The van der Waals surface area contributed by atoms with Gasteiger partial charge in [-0.3, -0.25) is 0 Å². The lowest BCUT2D eigenvalue weighted by molar-refractivity contribution is 0.149. The number of hydrogen-bond acceptors (Lipinski definition) is 5. The van der Waals surface area contributed by atoms with Crippen LogP contribution in [0.3, 0.4) is 0 Å². The van der Waals surface area contributed by atoms with Crippen LogP contribution in [0, 0.1) is 18.6 Å². The van der Waals surface area contributed by atoms with Crippen molar-refractivity contribution in [2.24, 2.45) is 0 Å². The highest BCUT2D eigenvalue weighted by molar-refractivity contribution is 6.59. The number of alkyl halides is 2. The summed E-state index contributed by atoms with van der Waals surface area (Å²) >= 11 is 0. The first kappa shape index (κ1) is 26.4. The molecule has 0 bridgehead atoms. The van der Waals surface area contributed by atoms with E-state index in [4.69, 9.17) is 9.47 Å². The van der Waals surface area contributed by atoms with Crippen molar-refractivity contribution in [1.29, 1.82) is 0 Å². The second-order valence-electron chi connectivity index (χ2n) is 8.01. The summed E-state index contributed by atoms with van der Waals surface area (Å²) in [5.74, 6) is -1.12. The summed E-state index contributed by atoms with van der Waals surface area (Å²) in [6, 6.07) is 13.7. The Hall–Kier alpha value is -3.24. The molecule has 0 atom stereocenters. The van der Waals surface area contributed by atoms with E-state index in [1.54, 1.807) is 48.5 Å². The maximum atomic E-state index is 15.7. The molecule has 3 aromatic rings. The summed E-state index contributed by atoms with van der Waals surface area (Å²) in [4.78, 5) is 1.39. The summed E-state index contributed by atoms with van der Waals surface area (Å²) in [5, 5.41) is 19.6. The molecule has 0 saturated heterocycles. The van der Waals surface area contributed by atoms with Gasteiger partial charge in [0.05, 0.1) is 14.2 Å². The van der Waals surface area contributed by atoms with Gasteiger partial charge in [-0.05, 0) is 53.4 Å². The predicted molar refractivity (Wildman–Crippen MR) is 127 cm³/mol. The Kier molecular flexibility index (Phi) is 8.64. The molecule has 0 heterocycles. The van der Waals surface area contributed by atoms with Gasteiger partial charge < -0.3 is 24.4 Å². The number of rotatable bonds is 10. The molecule has 0 fully saturated rings. The molecule has 5 nitrogen and oxygen atoms in total. The smallest absolute Gasteiger partial charge is 0.491 e. The van der Waals surface area contributed by atoms with Crippen LogP contribution in [0.25, 0.3) is 0 Å². The molecule has 0 amide bonds. The van der Waals surface area contributed by atoms with Crippen molar-refractivity contribution < 1.29 is 37.1 Å². The molecule has 0 unspecified atom stereocenters. The fourth-order valence-electron chi connectivity index (χ4n) is 3.95. The van der Waals surface area contributed by atoms with Crippen LogP contribution in [0.5, 0.6) is 11.5 Å².